The molecule has 0 saturated heterocycles. The minimum Gasteiger partial charge on any atom is -0.368 e. The van der Waals surface area contributed by atoms with E-state index >= 15 is 0 Å². The predicted molar refractivity (Wildman–Crippen MR) is 77.0 cm³/mol. The van der Waals surface area contributed by atoms with Gasteiger partial charge in [-0.2, -0.15) is 0 Å². The summed E-state index contributed by atoms with van der Waals surface area (Å²) in [6.45, 7) is 3.64. The van der Waals surface area contributed by atoms with E-state index in [4.69, 9.17) is 11.5 Å². The third kappa shape index (κ3) is 5.75. The van der Waals surface area contributed by atoms with Crippen LogP contribution in [0.15, 0.2) is 0 Å². The van der Waals surface area contributed by atoms with Crippen LogP contribution in [0.2, 0.25) is 0 Å². The lowest BCUT2D eigenvalue weighted by molar-refractivity contribution is -0.131. The molecule has 3 amide bonds. The van der Waals surface area contributed by atoms with Gasteiger partial charge in [0.2, 0.25) is 17.7 Å². The standard InChI is InChI=1S/C12H22N4O3.ClH/c1-7(2)5-8(10(18)15-6-9(13)17)16-11(19)12(14)3-4-12;/h7-8H,3-6,14H2,1-2H3,(H2,13,17)(H,15,18)(H,16,19);1H/t8-;/m0./s1. The number of nitrogens with one attached hydrogen (secondary N) is 2. The van der Waals surface area contributed by atoms with Gasteiger partial charge in [-0.3, -0.25) is 14.4 Å². The van der Waals surface area contributed by atoms with Gasteiger partial charge < -0.3 is 22.1 Å². The van der Waals surface area contributed by atoms with E-state index in [0.717, 1.165) is 0 Å². The van der Waals surface area contributed by atoms with E-state index in [2.05, 4.69) is 10.6 Å². The molecule has 0 aromatic carbocycles. The maximum Gasteiger partial charge on any atom is 0.243 e. The van der Waals surface area contributed by atoms with Crippen LogP contribution in [0.25, 0.3) is 0 Å². The largest absolute Gasteiger partial charge is 0.368 e. The third-order valence-corrected chi connectivity index (χ3v) is 3.01. The Bertz CT molecular complexity index is 383. The van der Waals surface area contributed by atoms with Crippen molar-refractivity contribution in [1.29, 1.82) is 0 Å². The average Bonchev–Trinajstić information content (AvgIpc) is 3.04. The van der Waals surface area contributed by atoms with Crippen LogP contribution in [0, 0.1) is 5.92 Å². The summed E-state index contributed by atoms with van der Waals surface area (Å²) < 4.78 is 0. The van der Waals surface area contributed by atoms with Crippen molar-refractivity contribution in [3.63, 3.8) is 0 Å². The molecule has 20 heavy (non-hydrogen) atoms. The fraction of sp³-hybridized carbons (Fsp3) is 0.750. The van der Waals surface area contributed by atoms with E-state index in [1.54, 1.807) is 0 Å². The minimum absolute atomic E-state index is 0. The lowest BCUT2D eigenvalue weighted by Crippen LogP contribution is -2.53. The van der Waals surface area contributed by atoms with Crippen molar-refractivity contribution in [3.05, 3.63) is 0 Å². The molecular formula is C12H23ClN4O3. The van der Waals surface area contributed by atoms with Gasteiger partial charge in [0.15, 0.2) is 0 Å². The summed E-state index contributed by atoms with van der Waals surface area (Å²) >= 11 is 0. The molecule has 1 saturated carbocycles. The van der Waals surface area contributed by atoms with Crippen molar-refractivity contribution in [1.82, 2.24) is 10.6 Å². The zero-order chi connectivity index (χ0) is 14.6. The first-order valence-electron chi connectivity index (χ1n) is 6.40. The number of nitrogens with two attached hydrogens (primary N) is 2. The molecule has 0 heterocycles. The zero-order valence-electron chi connectivity index (χ0n) is 11.8. The maximum absolute atomic E-state index is 11.9. The van der Waals surface area contributed by atoms with Crippen molar-refractivity contribution >= 4 is 30.1 Å². The molecule has 0 unspecified atom stereocenters. The highest BCUT2D eigenvalue weighted by Gasteiger charge is 2.46. The van der Waals surface area contributed by atoms with Crippen molar-refractivity contribution < 1.29 is 14.4 Å². The minimum atomic E-state index is -0.820. The Kier molecular flexibility index (Phi) is 6.95. The number of hydrogen-bond donors (Lipinski definition) is 4. The van der Waals surface area contributed by atoms with E-state index in [1.807, 2.05) is 13.8 Å². The first kappa shape index (κ1) is 18.7. The molecule has 6 N–H and O–H groups in total. The highest BCUT2D eigenvalue weighted by atomic mass is 35.5. The van der Waals surface area contributed by atoms with Crippen LogP contribution in [0.3, 0.4) is 0 Å². The molecule has 7 nitrogen and oxygen atoms in total. The molecule has 0 aromatic rings. The van der Waals surface area contributed by atoms with Crippen LogP contribution in [0.4, 0.5) is 0 Å². The molecule has 1 rings (SSSR count). The lowest BCUT2D eigenvalue weighted by Gasteiger charge is -2.21. The number of rotatable bonds is 7. The summed E-state index contributed by atoms with van der Waals surface area (Å²) in [5.41, 5.74) is 9.92. The zero-order valence-corrected chi connectivity index (χ0v) is 12.6. The van der Waals surface area contributed by atoms with Gasteiger partial charge in [-0.15, -0.1) is 12.4 Å². The van der Waals surface area contributed by atoms with E-state index in [1.165, 1.54) is 0 Å². The van der Waals surface area contributed by atoms with E-state index in [9.17, 15) is 14.4 Å². The number of primary amides is 1. The smallest absolute Gasteiger partial charge is 0.243 e. The van der Waals surface area contributed by atoms with Gasteiger partial charge in [0.25, 0.3) is 0 Å². The molecule has 1 aliphatic carbocycles. The van der Waals surface area contributed by atoms with Gasteiger partial charge in [-0.25, -0.2) is 0 Å². The second-order valence-electron chi connectivity index (χ2n) is 5.50. The molecule has 0 spiro atoms. The van der Waals surface area contributed by atoms with Gasteiger partial charge in [-0.05, 0) is 25.2 Å². The topological polar surface area (TPSA) is 127 Å². The molecule has 0 bridgehead atoms. The molecule has 8 heteroatoms. The molecular weight excluding hydrogens is 284 g/mol. The van der Waals surface area contributed by atoms with Crippen molar-refractivity contribution in [2.45, 2.75) is 44.7 Å². The highest BCUT2D eigenvalue weighted by Crippen LogP contribution is 2.32. The normalized spacial score (nSPS) is 16.8. The fourth-order valence-electron chi connectivity index (χ4n) is 1.66. The van der Waals surface area contributed by atoms with Crippen LogP contribution < -0.4 is 22.1 Å². The Morgan fingerprint density at radius 1 is 1.25 bits per heavy atom. The van der Waals surface area contributed by atoms with E-state index < -0.39 is 23.4 Å². The van der Waals surface area contributed by atoms with E-state index in [0.29, 0.717) is 19.3 Å². The van der Waals surface area contributed by atoms with Crippen LogP contribution in [-0.2, 0) is 14.4 Å². The number of carbonyl (C=O) groups excluding carboxylic acids is 3. The number of carbonyl (C=O) groups is 3. The van der Waals surface area contributed by atoms with Crippen LogP contribution in [-0.4, -0.2) is 35.8 Å². The summed E-state index contributed by atoms with van der Waals surface area (Å²) in [6, 6.07) is -0.687. The van der Waals surface area contributed by atoms with Crippen molar-refractivity contribution in [2.75, 3.05) is 6.54 Å². The Hall–Kier alpha value is -1.34. The average molecular weight is 307 g/mol. The third-order valence-electron chi connectivity index (χ3n) is 3.01. The Balaban J connectivity index is 0.00000361. The Labute approximate surface area is 124 Å². The number of halogens is 1. The second-order valence-corrected chi connectivity index (χ2v) is 5.50. The molecule has 1 aliphatic rings. The quantitative estimate of drug-likeness (QED) is 0.482. The summed E-state index contributed by atoms with van der Waals surface area (Å²) in [6.07, 6.45) is 1.75. The molecule has 1 fully saturated rings. The van der Waals surface area contributed by atoms with Crippen molar-refractivity contribution in [3.8, 4) is 0 Å². The molecule has 1 atom stereocenters. The molecule has 116 valence electrons. The molecule has 0 aromatic heterocycles. The van der Waals surface area contributed by atoms with Crippen molar-refractivity contribution in [2.24, 2.45) is 17.4 Å². The SMILES string of the molecule is CC(C)C[C@H](NC(=O)C1(N)CC1)C(=O)NCC(N)=O.Cl. The van der Waals surface area contributed by atoms with Gasteiger partial charge in [0.1, 0.15) is 6.04 Å². The van der Waals surface area contributed by atoms with Gasteiger partial charge >= 0.3 is 0 Å². The van der Waals surface area contributed by atoms with Gasteiger partial charge in [-0.1, -0.05) is 13.8 Å². The summed E-state index contributed by atoms with van der Waals surface area (Å²) in [5, 5.41) is 5.04. The molecule has 0 radical (unpaired) electrons. The summed E-state index contributed by atoms with van der Waals surface area (Å²) in [5.74, 6) is -1.13. The Morgan fingerprint density at radius 2 is 1.80 bits per heavy atom. The first-order chi connectivity index (χ1) is 8.74. The second kappa shape index (κ2) is 7.44. The van der Waals surface area contributed by atoms with Crippen LogP contribution in [0.5, 0.6) is 0 Å². The Morgan fingerprint density at radius 3 is 2.20 bits per heavy atom. The number of hydrogen-bond acceptors (Lipinski definition) is 4. The summed E-state index contributed by atoms with van der Waals surface area (Å²) in [7, 11) is 0. The summed E-state index contributed by atoms with van der Waals surface area (Å²) in [4.78, 5) is 34.4. The first-order valence-corrected chi connectivity index (χ1v) is 6.40. The molecule has 0 aliphatic heterocycles. The van der Waals surface area contributed by atoms with Crippen LogP contribution >= 0.6 is 12.4 Å². The van der Waals surface area contributed by atoms with E-state index in [-0.39, 0.29) is 30.8 Å². The predicted octanol–water partition coefficient (Wildman–Crippen LogP) is -0.968. The van der Waals surface area contributed by atoms with Gasteiger partial charge in [0.05, 0.1) is 12.1 Å². The highest BCUT2D eigenvalue weighted by molar-refractivity contribution is 5.94. The van der Waals surface area contributed by atoms with Gasteiger partial charge in [0, 0.05) is 0 Å². The van der Waals surface area contributed by atoms with Crippen LogP contribution in [0.1, 0.15) is 33.1 Å². The number of amides is 3. The maximum atomic E-state index is 11.9. The fourth-order valence-corrected chi connectivity index (χ4v) is 1.66. The monoisotopic (exact) mass is 306 g/mol. The lowest BCUT2D eigenvalue weighted by atomic mass is 10.0.